The van der Waals surface area contributed by atoms with Crippen LogP contribution in [-0.4, -0.2) is 38.5 Å². The molecular weight excluding hydrogens is 294 g/mol. The molecule has 0 aliphatic rings. The van der Waals surface area contributed by atoms with Gasteiger partial charge in [0.2, 0.25) is 0 Å². The van der Waals surface area contributed by atoms with Crippen molar-refractivity contribution in [2.24, 2.45) is 10.9 Å². The summed E-state index contributed by atoms with van der Waals surface area (Å²) in [7, 11) is 1.71. The lowest BCUT2D eigenvalue weighted by atomic mass is 10.2. The molecule has 0 aliphatic carbocycles. The Morgan fingerprint density at radius 2 is 2.18 bits per heavy atom. The lowest BCUT2D eigenvalue weighted by molar-refractivity contribution is 0.405. The Morgan fingerprint density at radius 3 is 2.86 bits per heavy atom. The first-order valence-electron chi connectivity index (χ1n) is 7.60. The summed E-state index contributed by atoms with van der Waals surface area (Å²) in [5.41, 5.74) is 0. The van der Waals surface area contributed by atoms with E-state index in [9.17, 15) is 0 Å². The second kappa shape index (κ2) is 11.0. The van der Waals surface area contributed by atoms with Crippen LogP contribution in [0.3, 0.4) is 0 Å². The molecule has 0 saturated carbocycles. The summed E-state index contributed by atoms with van der Waals surface area (Å²) in [6.07, 6.45) is 1.83. The smallest absolute Gasteiger partial charge is 0.191 e. The highest BCUT2D eigenvalue weighted by Gasteiger charge is 2.07. The minimum Gasteiger partial charge on any atom is -0.496 e. The molecular formula is C17H27N3OS. The van der Waals surface area contributed by atoms with E-state index in [0.29, 0.717) is 5.92 Å². The van der Waals surface area contributed by atoms with E-state index in [1.165, 1.54) is 4.90 Å². The molecule has 122 valence electrons. The number of hydrogen-bond donors (Lipinski definition) is 2. The summed E-state index contributed by atoms with van der Waals surface area (Å²) in [4.78, 5) is 5.79. The van der Waals surface area contributed by atoms with Crippen LogP contribution >= 0.6 is 11.8 Å². The minimum absolute atomic E-state index is 0.481. The molecule has 1 unspecified atom stereocenters. The van der Waals surface area contributed by atoms with Crippen molar-refractivity contribution in [1.82, 2.24) is 10.6 Å². The lowest BCUT2D eigenvalue weighted by Gasteiger charge is -2.13. The highest BCUT2D eigenvalue weighted by molar-refractivity contribution is 7.99. The fraction of sp³-hybridized carbons (Fsp3) is 0.471. The Hall–Kier alpha value is -1.62. The van der Waals surface area contributed by atoms with Gasteiger partial charge in [-0.25, -0.2) is 0 Å². The van der Waals surface area contributed by atoms with Crippen molar-refractivity contribution < 1.29 is 4.74 Å². The van der Waals surface area contributed by atoms with E-state index < -0.39 is 0 Å². The number of nitrogens with zero attached hydrogens (tertiary/aromatic N) is 1. The number of methoxy groups -OCH3 is 1. The molecule has 1 aromatic rings. The summed E-state index contributed by atoms with van der Waals surface area (Å²) < 4.78 is 5.37. The SMILES string of the molecule is C=CCNC(=NCC(C)CSc1ccccc1OC)NCC. The molecule has 0 fully saturated rings. The van der Waals surface area contributed by atoms with Crippen molar-refractivity contribution in [2.75, 3.05) is 32.5 Å². The highest BCUT2D eigenvalue weighted by atomic mass is 32.2. The van der Waals surface area contributed by atoms with Crippen LogP contribution in [0, 0.1) is 5.92 Å². The molecule has 0 aromatic heterocycles. The number of guanidine groups is 1. The fourth-order valence-corrected chi connectivity index (χ4v) is 2.82. The van der Waals surface area contributed by atoms with Crippen molar-refractivity contribution >= 4 is 17.7 Å². The summed E-state index contributed by atoms with van der Waals surface area (Å²) in [5.74, 6) is 3.26. The van der Waals surface area contributed by atoms with Gasteiger partial charge in [-0.3, -0.25) is 4.99 Å². The second-order valence-corrected chi connectivity index (χ2v) is 6.02. The Labute approximate surface area is 138 Å². The molecule has 0 spiro atoms. The first kappa shape index (κ1) is 18.4. The zero-order chi connectivity index (χ0) is 16.2. The van der Waals surface area contributed by atoms with Gasteiger partial charge in [-0.1, -0.05) is 25.1 Å². The number of para-hydroxylation sites is 1. The summed E-state index contributed by atoms with van der Waals surface area (Å²) in [6.45, 7) is 10.3. The molecule has 0 amide bonds. The van der Waals surface area contributed by atoms with Crippen LogP contribution in [0.4, 0.5) is 0 Å². The lowest BCUT2D eigenvalue weighted by Crippen LogP contribution is -2.37. The molecule has 0 saturated heterocycles. The second-order valence-electron chi connectivity index (χ2n) is 4.96. The molecule has 1 rings (SSSR count). The fourth-order valence-electron chi connectivity index (χ4n) is 1.78. The minimum atomic E-state index is 0.481. The molecule has 2 N–H and O–H groups in total. The van der Waals surface area contributed by atoms with Crippen LogP contribution in [-0.2, 0) is 0 Å². The molecule has 0 bridgehead atoms. The van der Waals surface area contributed by atoms with Gasteiger partial charge in [-0.15, -0.1) is 18.3 Å². The first-order chi connectivity index (χ1) is 10.7. The van der Waals surface area contributed by atoms with Gasteiger partial charge in [-0.2, -0.15) is 0 Å². The van der Waals surface area contributed by atoms with E-state index in [1.54, 1.807) is 7.11 Å². The average Bonchev–Trinajstić information content (AvgIpc) is 2.55. The molecule has 1 aromatic carbocycles. The van der Waals surface area contributed by atoms with Crippen molar-refractivity contribution in [2.45, 2.75) is 18.7 Å². The van der Waals surface area contributed by atoms with Gasteiger partial charge in [0.05, 0.1) is 7.11 Å². The van der Waals surface area contributed by atoms with Crippen LogP contribution in [0.2, 0.25) is 0 Å². The van der Waals surface area contributed by atoms with E-state index in [1.807, 2.05) is 36.0 Å². The van der Waals surface area contributed by atoms with Crippen molar-refractivity contribution in [1.29, 1.82) is 0 Å². The highest BCUT2D eigenvalue weighted by Crippen LogP contribution is 2.29. The number of nitrogens with one attached hydrogen (secondary N) is 2. The molecule has 0 heterocycles. The maximum atomic E-state index is 5.37. The number of thioether (sulfide) groups is 1. The van der Waals surface area contributed by atoms with E-state index in [4.69, 9.17) is 4.74 Å². The van der Waals surface area contributed by atoms with Crippen LogP contribution in [0.15, 0.2) is 46.8 Å². The average molecular weight is 321 g/mol. The predicted molar refractivity (Wildman–Crippen MR) is 97.1 cm³/mol. The Bertz CT molecular complexity index is 477. The topological polar surface area (TPSA) is 45.7 Å². The quantitative estimate of drug-likeness (QED) is 0.317. The van der Waals surface area contributed by atoms with Gasteiger partial charge < -0.3 is 15.4 Å². The van der Waals surface area contributed by atoms with Gasteiger partial charge in [0, 0.05) is 30.3 Å². The summed E-state index contributed by atoms with van der Waals surface area (Å²) >= 11 is 1.81. The maximum Gasteiger partial charge on any atom is 0.191 e. The molecule has 0 aliphatic heterocycles. The van der Waals surface area contributed by atoms with Crippen LogP contribution in [0.1, 0.15) is 13.8 Å². The third-order valence-electron chi connectivity index (χ3n) is 2.91. The van der Waals surface area contributed by atoms with Gasteiger partial charge >= 0.3 is 0 Å². The zero-order valence-electron chi connectivity index (χ0n) is 13.8. The zero-order valence-corrected chi connectivity index (χ0v) is 14.6. The van der Waals surface area contributed by atoms with Crippen molar-refractivity contribution in [3.63, 3.8) is 0 Å². The number of rotatable bonds is 9. The molecule has 0 radical (unpaired) electrons. The predicted octanol–water partition coefficient (Wildman–Crippen LogP) is 3.16. The maximum absolute atomic E-state index is 5.37. The number of aliphatic imine (C=N–C) groups is 1. The van der Waals surface area contributed by atoms with Gasteiger partial charge in [0.25, 0.3) is 0 Å². The third kappa shape index (κ3) is 6.89. The van der Waals surface area contributed by atoms with Gasteiger partial charge in [0.1, 0.15) is 5.75 Å². The Kier molecular flexibility index (Phi) is 9.23. The Balaban J connectivity index is 2.47. The third-order valence-corrected chi connectivity index (χ3v) is 4.30. The van der Waals surface area contributed by atoms with E-state index >= 15 is 0 Å². The first-order valence-corrected chi connectivity index (χ1v) is 8.58. The van der Waals surface area contributed by atoms with Crippen molar-refractivity contribution in [3.05, 3.63) is 36.9 Å². The molecule has 4 nitrogen and oxygen atoms in total. The van der Waals surface area contributed by atoms with Crippen LogP contribution < -0.4 is 15.4 Å². The number of hydrogen-bond acceptors (Lipinski definition) is 3. The van der Waals surface area contributed by atoms with E-state index in [2.05, 4.69) is 42.1 Å². The van der Waals surface area contributed by atoms with E-state index in [0.717, 1.165) is 37.1 Å². The Morgan fingerprint density at radius 1 is 1.41 bits per heavy atom. The van der Waals surface area contributed by atoms with Gasteiger partial charge in [0.15, 0.2) is 5.96 Å². The number of benzene rings is 1. The van der Waals surface area contributed by atoms with E-state index in [-0.39, 0.29) is 0 Å². The molecule has 1 atom stereocenters. The van der Waals surface area contributed by atoms with Crippen LogP contribution in [0.25, 0.3) is 0 Å². The van der Waals surface area contributed by atoms with Crippen molar-refractivity contribution in [3.8, 4) is 5.75 Å². The van der Waals surface area contributed by atoms with Crippen LogP contribution in [0.5, 0.6) is 5.75 Å². The largest absolute Gasteiger partial charge is 0.496 e. The summed E-state index contributed by atoms with van der Waals surface area (Å²) in [6, 6.07) is 8.11. The summed E-state index contributed by atoms with van der Waals surface area (Å²) in [5, 5.41) is 6.44. The monoisotopic (exact) mass is 321 g/mol. The van der Waals surface area contributed by atoms with Gasteiger partial charge in [-0.05, 0) is 25.0 Å². The normalized spacial score (nSPS) is 12.6. The molecule has 22 heavy (non-hydrogen) atoms. The molecule has 5 heteroatoms. The number of ether oxygens (including phenoxy) is 1. The standard InChI is InChI=1S/C17H27N3OS/c1-5-11-19-17(18-6-2)20-12-14(3)13-22-16-10-8-7-9-15(16)21-4/h5,7-10,14H,1,6,11-13H2,2-4H3,(H2,18,19,20).